The van der Waals surface area contributed by atoms with E-state index in [9.17, 15) is 13.2 Å². The van der Waals surface area contributed by atoms with Gasteiger partial charge in [-0.1, -0.05) is 17.3 Å². The molecule has 1 atom stereocenters. The van der Waals surface area contributed by atoms with Crippen LogP contribution in [0.15, 0.2) is 28.8 Å². The maximum Gasteiger partial charge on any atom is 0.246 e. The van der Waals surface area contributed by atoms with Gasteiger partial charge >= 0.3 is 0 Å². The van der Waals surface area contributed by atoms with Gasteiger partial charge in [-0.3, -0.25) is 4.79 Å². The topological polar surface area (TPSA) is 115 Å². The number of benzene rings is 1. The molecule has 1 fully saturated rings. The van der Waals surface area contributed by atoms with Crippen molar-refractivity contribution in [2.75, 3.05) is 26.5 Å². The summed E-state index contributed by atoms with van der Waals surface area (Å²) >= 11 is 0. The molecule has 1 aromatic carbocycles. The van der Waals surface area contributed by atoms with E-state index < -0.39 is 10.0 Å². The van der Waals surface area contributed by atoms with Gasteiger partial charge in [-0.2, -0.15) is 4.98 Å². The molecule has 0 radical (unpaired) electrons. The Morgan fingerprint density at radius 2 is 2.26 bits per heavy atom. The smallest absolute Gasteiger partial charge is 0.246 e. The third-order valence-corrected chi connectivity index (χ3v) is 5.70. The second-order valence-corrected chi connectivity index (χ2v) is 8.40. The number of piperidine rings is 1. The van der Waals surface area contributed by atoms with E-state index in [2.05, 4.69) is 15.5 Å². The van der Waals surface area contributed by atoms with E-state index in [1.165, 1.54) is 4.31 Å². The summed E-state index contributed by atoms with van der Waals surface area (Å²) in [6.45, 7) is 0.741. The molecule has 9 nitrogen and oxygen atoms in total. The monoisotopic (exact) mass is 394 g/mol. The summed E-state index contributed by atoms with van der Waals surface area (Å²) in [6.07, 6.45) is 2.47. The van der Waals surface area contributed by atoms with Crippen LogP contribution in [0.25, 0.3) is 11.4 Å². The van der Waals surface area contributed by atoms with E-state index in [4.69, 9.17) is 9.26 Å². The summed E-state index contributed by atoms with van der Waals surface area (Å²) in [5.74, 6) is 0.759. The molecule has 2 aromatic rings. The largest absolute Gasteiger partial charge is 0.497 e. The number of rotatable bonds is 6. The molecule has 1 aliphatic rings. The summed E-state index contributed by atoms with van der Waals surface area (Å²) in [4.78, 5) is 16.6. The molecule has 1 saturated heterocycles. The highest BCUT2D eigenvalue weighted by molar-refractivity contribution is 7.88. The molecule has 0 saturated carbocycles. The maximum absolute atomic E-state index is 12.4. The summed E-state index contributed by atoms with van der Waals surface area (Å²) in [7, 11) is -1.71. The number of amides is 1. The average molecular weight is 394 g/mol. The zero-order valence-electron chi connectivity index (χ0n) is 15.2. The van der Waals surface area contributed by atoms with Crippen molar-refractivity contribution in [1.82, 2.24) is 19.8 Å². The van der Waals surface area contributed by atoms with Gasteiger partial charge in [0.1, 0.15) is 5.75 Å². The molecule has 0 bridgehead atoms. The lowest BCUT2D eigenvalue weighted by atomic mass is 9.99. The minimum absolute atomic E-state index is 0.0885. The quantitative estimate of drug-likeness (QED) is 0.778. The first kappa shape index (κ1) is 19.3. The van der Waals surface area contributed by atoms with Gasteiger partial charge in [-0.25, -0.2) is 12.7 Å². The van der Waals surface area contributed by atoms with E-state index in [0.717, 1.165) is 11.8 Å². The van der Waals surface area contributed by atoms with E-state index in [0.29, 0.717) is 31.0 Å². The Morgan fingerprint density at radius 1 is 1.44 bits per heavy atom. The molecule has 1 N–H and O–H groups in total. The predicted octanol–water partition coefficient (Wildman–Crippen LogP) is 1.03. The predicted molar refractivity (Wildman–Crippen MR) is 97.3 cm³/mol. The normalized spacial score (nSPS) is 18.2. The number of aromatic nitrogens is 2. The molecule has 2 heterocycles. The number of nitrogens with zero attached hydrogens (tertiary/aromatic N) is 3. The first-order chi connectivity index (χ1) is 12.9. The Morgan fingerprint density at radius 3 is 3.00 bits per heavy atom. The van der Waals surface area contributed by atoms with Gasteiger partial charge in [0.15, 0.2) is 0 Å². The number of carbonyl (C=O) groups excluding carboxylic acids is 1. The number of hydrogen-bond donors (Lipinski definition) is 1. The fourth-order valence-corrected chi connectivity index (χ4v) is 3.88. The van der Waals surface area contributed by atoms with Gasteiger partial charge in [-0.15, -0.1) is 0 Å². The molecule has 1 amide bonds. The number of carbonyl (C=O) groups is 1. The van der Waals surface area contributed by atoms with E-state index >= 15 is 0 Å². The van der Waals surface area contributed by atoms with Crippen LogP contribution in [0.1, 0.15) is 18.7 Å². The lowest BCUT2D eigenvalue weighted by molar-refractivity contribution is -0.126. The van der Waals surface area contributed by atoms with Crippen LogP contribution in [0, 0.1) is 5.92 Å². The van der Waals surface area contributed by atoms with Crippen molar-refractivity contribution >= 4 is 15.9 Å². The summed E-state index contributed by atoms with van der Waals surface area (Å²) in [6, 6.07) is 7.25. The summed E-state index contributed by atoms with van der Waals surface area (Å²) in [5, 5.41) is 6.66. The lowest BCUT2D eigenvalue weighted by Gasteiger charge is -2.29. The van der Waals surface area contributed by atoms with E-state index in [1.54, 1.807) is 13.2 Å². The van der Waals surface area contributed by atoms with Gasteiger partial charge in [-0.05, 0) is 25.0 Å². The van der Waals surface area contributed by atoms with Gasteiger partial charge in [0.05, 0.1) is 25.8 Å². The Kier molecular flexibility index (Phi) is 5.76. The standard InChI is InChI=1S/C17H22N4O5S/c1-25-14-7-3-5-12(9-14)16-19-15(26-20-16)10-18-17(22)13-6-4-8-21(11-13)27(2,23)24/h3,5,7,9,13H,4,6,8,10-11H2,1-2H3,(H,18,22)/t13-/m1/s1. The van der Waals surface area contributed by atoms with Crippen molar-refractivity contribution in [2.24, 2.45) is 5.92 Å². The van der Waals surface area contributed by atoms with Crippen LogP contribution in [0.5, 0.6) is 5.75 Å². The Bertz CT molecular complexity index is 912. The van der Waals surface area contributed by atoms with Crippen LogP contribution in [-0.2, 0) is 21.4 Å². The van der Waals surface area contributed by atoms with Crippen LogP contribution >= 0.6 is 0 Å². The highest BCUT2D eigenvalue weighted by Crippen LogP contribution is 2.22. The summed E-state index contributed by atoms with van der Waals surface area (Å²) < 4.78 is 35.0. The highest BCUT2D eigenvalue weighted by Gasteiger charge is 2.30. The second-order valence-electron chi connectivity index (χ2n) is 6.42. The zero-order chi connectivity index (χ0) is 19.4. The van der Waals surface area contributed by atoms with Crippen LogP contribution in [0.3, 0.4) is 0 Å². The molecule has 0 spiro atoms. The molecule has 10 heteroatoms. The molecule has 0 unspecified atom stereocenters. The van der Waals surface area contributed by atoms with Crippen molar-refractivity contribution in [2.45, 2.75) is 19.4 Å². The van der Waals surface area contributed by atoms with Crippen LogP contribution in [-0.4, -0.2) is 55.2 Å². The van der Waals surface area contributed by atoms with Crippen molar-refractivity contribution in [3.8, 4) is 17.1 Å². The van der Waals surface area contributed by atoms with Gasteiger partial charge in [0.25, 0.3) is 0 Å². The van der Waals surface area contributed by atoms with Crippen molar-refractivity contribution < 1.29 is 22.5 Å². The third kappa shape index (κ3) is 4.83. The van der Waals surface area contributed by atoms with Crippen LogP contribution in [0.2, 0.25) is 0 Å². The molecule has 1 aromatic heterocycles. The molecule has 3 rings (SSSR count). The van der Waals surface area contributed by atoms with Crippen LogP contribution in [0.4, 0.5) is 0 Å². The van der Waals surface area contributed by atoms with Crippen LogP contribution < -0.4 is 10.1 Å². The minimum Gasteiger partial charge on any atom is -0.497 e. The minimum atomic E-state index is -3.29. The number of methoxy groups -OCH3 is 1. The molecule has 0 aliphatic carbocycles. The van der Waals surface area contributed by atoms with Crippen molar-refractivity contribution in [3.63, 3.8) is 0 Å². The lowest BCUT2D eigenvalue weighted by Crippen LogP contribution is -2.44. The zero-order valence-corrected chi connectivity index (χ0v) is 16.0. The number of hydrogen-bond acceptors (Lipinski definition) is 7. The van der Waals surface area contributed by atoms with Gasteiger partial charge in [0.2, 0.25) is 27.6 Å². The SMILES string of the molecule is COc1cccc(-c2noc(CNC(=O)[C@@H]3CCCN(S(C)(=O)=O)C3)n2)c1. The first-order valence-electron chi connectivity index (χ1n) is 8.56. The fourth-order valence-electron chi connectivity index (χ4n) is 2.97. The van der Waals surface area contributed by atoms with E-state index in [-0.39, 0.29) is 30.8 Å². The fraction of sp³-hybridized carbons (Fsp3) is 0.471. The Hall–Kier alpha value is -2.46. The first-order valence-corrected chi connectivity index (χ1v) is 10.4. The number of nitrogens with one attached hydrogen (secondary N) is 1. The van der Waals surface area contributed by atoms with Gasteiger partial charge < -0.3 is 14.6 Å². The summed E-state index contributed by atoms with van der Waals surface area (Å²) in [5.41, 5.74) is 0.742. The van der Waals surface area contributed by atoms with Crippen molar-refractivity contribution in [3.05, 3.63) is 30.2 Å². The highest BCUT2D eigenvalue weighted by atomic mass is 32.2. The Labute approximate surface area is 157 Å². The number of ether oxygens (including phenoxy) is 1. The Balaban J connectivity index is 1.59. The third-order valence-electron chi connectivity index (χ3n) is 4.43. The molecule has 27 heavy (non-hydrogen) atoms. The molecular formula is C17H22N4O5S. The van der Waals surface area contributed by atoms with E-state index in [1.807, 2.05) is 18.2 Å². The van der Waals surface area contributed by atoms with Crippen molar-refractivity contribution in [1.29, 1.82) is 0 Å². The van der Waals surface area contributed by atoms with Gasteiger partial charge in [0, 0.05) is 18.7 Å². The average Bonchev–Trinajstić information content (AvgIpc) is 3.14. The number of sulfonamides is 1. The molecule has 1 aliphatic heterocycles. The second kappa shape index (κ2) is 8.05. The maximum atomic E-state index is 12.4. The molecular weight excluding hydrogens is 372 g/mol. The molecule has 146 valence electrons.